The summed E-state index contributed by atoms with van der Waals surface area (Å²) in [6, 6.07) is 18.6. The van der Waals surface area contributed by atoms with Gasteiger partial charge in [0, 0.05) is 10.0 Å². The molecule has 37 heavy (non-hydrogen) atoms. The molecule has 10 heteroatoms. The van der Waals surface area contributed by atoms with Crippen molar-refractivity contribution in [3.05, 3.63) is 99.0 Å². The number of hydrogen-bond acceptors (Lipinski definition) is 6. The van der Waals surface area contributed by atoms with E-state index in [9.17, 15) is 19.2 Å². The van der Waals surface area contributed by atoms with E-state index < -0.39 is 23.6 Å². The van der Waals surface area contributed by atoms with E-state index in [0.717, 1.165) is 9.37 Å². The van der Waals surface area contributed by atoms with E-state index in [0.29, 0.717) is 33.7 Å². The first-order chi connectivity index (χ1) is 17.8. The fourth-order valence-corrected chi connectivity index (χ4v) is 4.76. The maximum Gasteiger partial charge on any atom is 0.270 e. The normalized spacial score (nSPS) is 16.4. The smallest absolute Gasteiger partial charge is 0.270 e. The monoisotopic (exact) mass is 575 g/mol. The van der Waals surface area contributed by atoms with Crippen molar-refractivity contribution < 1.29 is 23.9 Å². The molecule has 0 aromatic heterocycles. The van der Waals surface area contributed by atoms with Crippen LogP contribution in [-0.4, -0.2) is 40.8 Å². The van der Waals surface area contributed by atoms with Gasteiger partial charge < -0.3 is 4.74 Å². The van der Waals surface area contributed by atoms with Gasteiger partial charge in [-0.1, -0.05) is 34.1 Å². The van der Waals surface area contributed by atoms with Gasteiger partial charge >= 0.3 is 0 Å². The molecule has 3 aromatic carbocycles. The van der Waals surface area contributed by atoms with E-state index in [1.165, 1.54) is 18.1 Å². The van der Waals surface area contributed by atoms with Crippen molar-refractivity contribution >= 4 is 68.7 Å². The number of amides is 4. The van der Waals surface area contributed by atoms with Crippen LogP contribution in [0.3, 0.4) is 0 Å². The predicted octanol–water partition coefficient (Wildman–Crippen LogP) is 4.09. The Morgan fingerprint density at radius 1 is 0.919 bits per heavy atom. The largest absolute Gasteiger partial charge is 0.496 e. The third-order valence-electron chi connectivity index (χ3n) is 6.01. The summed E-state index contributed by atoms with van der Waals surface area (Å²) in [5.74, 6) is -1.54. The molecule has 8 nitrogen and oxygen atoms in total. The Morgan fingerprint density at radius 3 is 2.19 bits per heavy atom. The minimum atomic E-state index is -0.624. The highest BCUT2D eigenvalue weighted by Gasteiger charge is 2.36. The number of carbonyl (C=O) groups is 4. The Bertz CT molecular complexity index is 1500. The summed E-state index contributed by atoms with van der Waals surface area (Å²) in [4.78, 5) is 54.1. The fourth-order valence-electron chi connectivity index (χ4n) is 4.21. The second kappa shape index (κ2) is 9.72. The van der Waals surface area contributed by atoms with Crippen LogP contribution in [0.2, 0.25) is 0 Å². The van der Waals surface area contributed by atoms with E-state index in [1.807, 2.05) is 0 Å². The molecule has 0 radical (unpaired) electrons. The number of nitrogens with one attached hydrogen (secondary N) is 1. The molecule has 2 aliphatic heterocycles. The van der Waals surface area contributed by atoms with Gasteiger partial charge in [-0.15, -0.1) is 0 Å². The predicted molar refractivity (Wildman–Crippen MR) is 144 cm³/mol. The summed E-state index contributed by atoms with van der Waals surface area (Å²) >= 11 is 8.61. The van der Waals surface area contributed by atoms with Gasteiger partial charge in [0.2, 0.25) is 0 Å². The lowest BCUT2D eigenvalue weighted by Gasteiger charge is -2.29. The maximum atomic E-state index is 13.3. The third-order valence-corrected chi connectivity index (χ3v) is 6.82. The number of rotatable bonds is 5. The number of ether oxygens (including phenoxy) is 1. The number of carbonyl (C=O) groups excluding carboxylic acids is 4. The highest BCUT2D eigenvalue weighted by Crippen LogP contribution is 2.29. The molecule has 1 saturated heterocycles. The number of methoxy groups -OCH3 is 1. The van der Waals surface area contributed by atoms with Gasteiger partial charge in [-0.3, -0.25) is 34.3 Å². The lowest BCUT2D eigenvalue weighted by Crippen LogP contribution is -2.54. The Morgan fingerprint density at radius 2 is 1.57 bits per heavy atom. The van der Waals surface area contributed by atoms with Gasteiger partial charge in [-0.25, -0.2) is 0 Å². The van der Waals surface area contributed by atoms with E-state index in [2.05, 4.69) is 21.2 Å². The number of thiocarbonyl (C=S) groups is 1. The lowest BCUT2D eigenvalue weighted by molar-refractivity contribution is -0.122. The summed E-state index contributed by atoms with van der Waals surface area (Å²) < 4.78 is 6.27. The van der Waals surface area contributed by atoms with E-state index in [4.69, 9.17) is 17.0 Å². The number of fused-ring (bicyclic) bond motifs is 1. The van der Waals surface area contributed by atoms with E-state index >= 15 is 0 Å². The van der Waals surface area contributed by atoms with Crippen molar-refractivity contribution in [3.8, 4) is 5.75 Å². The van der Waals surface area contributed by atoms with Gasteiger partial charge in [-0.05, 0) is 72.4 Å². The van der Waals surface area contributed by atoms with Gasteiger partial charge in [0.15, 0.2) is 5.11 Å². The van der Waals surface area contributed by atoms with Crippen LogP contribution in [0.5, 0.6) is 5.75 Å². The zero-order valence-corrected chi connectivity index (χ0v) is 21.8. The summed E-state index contributed by atoms with van der Waals surface area (Å²) in [5.41, 5.74) is 2.12. The molecule has 184 valence electrons. The topological polar surface area (TPSA) is 96.0 Å². The highest BCUT2D eigenvalue weighted by atomic mass is 79.9. The van der Waals surface area contributed by atoms with Gasteiger partial charge in [-0.2, -0.15) is 0 Å². The lowest BCUT2D eigenvalue weighted by atomic mass is 10.0. The van der Waals surface area contributed by atoms with Crippen molar-refractivity contribution in [2.24, 2.45) is 0 Å². The first-order valence-electron chi connectivity index (χ1n) is 11.1. The van der Waals surface area contributed by atoms with Gasteiger partial charge in [0.05, 0.1) is 30.5 Å². The van der Waals surface area contributed by atoms with E-state index in [1.54, 1.807) is 66.7 Å². The average molecular weight is 576 g/mol. The Labute approximate surface area is 225 Å². The van der Waals surface area contributed by atoms with Crippen molar-refractivity contribution in [3.63, 3.8) is 0 Å². The molecule has 0 atom stereocenters. The molecule has 0 aliphatic carbocycles. The number of benzene rings is 3. The number of imide groups is 1. The van der Waals surface area contributed by atoms with Gasteiger partial charge in [0.25, 0.3) is 23.6 Å². The molecule has 0 bridgehead atoms. The van der Waals surface area contributed by atoms with Crippen LogP contribution in [-0.2, 0) is 16.1 Å². The SMILES string of the molecule is COc1ccc(/C=C2\C(=O)NC(=S)N(c3ccc(Br)cc3)C2=O)cc1CN1C(=O)c2ccccc2C1=O. The van der Waals surface area contributed by atoms with Crippen LogP contribution >= 0.6 is 28.1 Å². The molecule has 2 aliphatic rings. The molecule has 0 spiro atoms. The Kier molecular flexibility index (Phi) is 6.45. The fraction of sp³-hybridized carbons (Fsp3) is 0.0741. The van der Waals surface area contributed by atoms with Crippen molar-refractivity contribution in [1.82, 2.24) is 10.2 Å². The van der Waals surface area contributed by atoms with Crippen molar-refractivity contribution in [2.45, 2.75) is 6.54 Å². The van der Waals surface area contributed by atoms with Crippen LogP contribution in [0.15, 0.2) is 76.8 Å². The first kappa shape index (κ1) is 24.5. The quantitative estimate of drug-likeness (QED) is 0.213. The number of halogens is 1. The molecule has 0 unspecified atom stereocenters. The third kappa shape index (κ3) is 4.45. The van der Waals surface area contributed by atoms with Crippen molar-refractivity contribution in [2.75, 3.05) is 12.0 Å². The molecule has 4 amide bonds. The Hall–Kier alpha value is -4.15. The second-order valence-electron chi connectivity index (χ2n) is 8.25. The zero-order valence-electron chi connectivity index (χ0n) is 19.4. The summed E-state index contributed by atoms with van der Waals surface area (Å²) in [7, 11) is 1.48. The molecule has 3 aromatic rings. The summed E-state index contributed by atoms with van der Waals surface area (Å²) in [6.45, 7) is -0.0399. The van der Waals surface area contributed by atoms with Crippen LogP contribution in [0.1, 0.15) is 31.8 Å². The Balaban J connectivity index is 1.47. The average Bonchev–Trinajstić information content (AvgIpc) is 3.12. The molecule has 5 rings (SSSR count). The van der Waals surface area contributed by atoms with Gasteiger partial charge in [0.1, 0.15) is 11.3 Å². The van der Waals surface area contributed by atoms with E-state index in [-0.39, 0.29) is 17.2 Å². The number of nitrogens with zero attached hydrogens (tertiary/aromatic N) is 2. The minimum absolute atomic E-state index is 0.0180. The highest BCUT2D eigenvalue weighted by molar-refractivity contribution is 9.10. The van der Waals surface area contributed by atoms with Crippen LogP contribution in [0.25, 0.3) is 6.08 Å². The van der Waals surface area contributed by atoms with Crippen LogP contribution < -0.4 is 15.0 Å². The van der Waals surface area contributed by atoms with Crippen LogP contribution in [0.4, 0.5) is 5.69 Å². The van der Waals surface area contributed by atoms with Crippen LogP contribution in [0, 0.1) is 0 Å². The molecule has 1 N–H and O–H groups in total. The summed E-state index contributed by atoms with van der Waals surface area (Å²) in [6.07, 6.45) is 1.44. The van der Waals surface area contributed by atoms with Crippen molar-refractivity contribution in [1.29, 1.82) is 0 Å². The standard InChI is InChI=1S/C27H18BrN3O5S/c1-36-22-11-6-15(12-16(22)14-30-24(33)19-4-2-3-5-20(19)25(30)34)13-21-23(32)29-27(37)31(26(21)35)18-9-7-17(28)8-10-18/h2-13H,14H2,1H3,(H,29,32,37)/b21-13+. The molecular weight excluding hydrogens is 558 g/mol. The summed E-state index contributed by atoms with van der Waals surface area (Å²) in [5, 5.41) is 2.54. The zero-order chi connectivity index (χ0) is 26.3. The maximum absolute atomic E-state index is 13.3. The first-order valence-corrected chi connectivity index (χ1v) is 12.3. The second-order valence-corrected chi connectivity index (χ2v) is 9.55. The number of hydrogen-bond donors (Lipinski definition) is 1. The minimum Gasteiger partial charge on any atom is -0.496 e. The molecule has 0 saturated carbocycles. The number of anilines is 1. The molecule has 1 fully saturated rings. The molecular formula is C27H18BrN3O5S. The molecule has 2 heterocycles.